The van der Waals surface area contributed by atoms with Crippen LogP contribution in [0.15, 0.2) is 66.0 Å². The molecular weight excluding hydrogens is 533 g/mol. The first-order valence-electron chi connectivity index (χ1n) is 13.5. The smallest absolute Gasteiger partial charge is 0.276 e. The number of fused-ring (bicyclic) bond motifs is 1. The lowest BCUT2D eigenvalue weighted by Crippen LogP contribution is -2.29. The average Bonchev–Trinajstić information content (AvgIpc) is 3.66. The third-order valence-corrected chi connectivity index (χ3v) is 9.31. The molecule has 0 spiro atoms. The summed E-state index contributed by atoms with van der Waals surface area (Å²) in [4.78, 5) is 21.6. The Labute approximate surface area is 231 Å². The number of pyridine rings is 1. The van der Waals surface area contributed by atoms with Crippen LogP contribution in [0.25, 0.3) is 5.65 Å². The summed E-state index contributed by atoms with van der Waals surface area (Å²) in [5.41, 5.74) is 1.46. The van der Waals surface area contributed by atoms with Gasteiger partial charge in [0.2, 0.25) is 0 Å². The monoisotopic (exact) mass is 563 g/mol. The minimum Gasteiger partial charge on any atom is -0.379 e. The number of rotatable bonds is 9. The summed E-state index contributed by atoms with van der Waals surface area (Å²) in [6, 6.07) is 12.3. The van der Waals surface area contributed by atoms with E-state index in [0.29, 0.717) is 22.4 Å². The number of anilines is 3. The van der Waals surface area contributed by atoms with Crippen molar-refractivity contribution in [3.63, 3.8) is 0 Å². The van der Waals surface area contributed by atoms with Gasteiger partial charge in [-0.15, -0.1) is 5.10 Å². The van der Waals surface area contributed by atoms with Gasteiger partial charge in [0, 0.05) is 24.3 Å². The molecule has 0 unspecified atom stereocenters. The molecule has 1 aromatic carbocycles. The Morgan fingerprint density at radius 3 is 2.40 bits per heavy atom. The second-order valence-electron chi connectivity index (χ2n) is 10.5. The molecule has 208 valence electrons. The largest absolute Gasteiger partial charge is 0.379 e. The second-order valence-corrected chi connectivity index (χ2v) is 12.5. The number of hydrogen-bond acceptors (Lipinski definition) is 8. The maximum absolute atomic E-state index is 14.1. The van der Waals surface area contributed by atoms with Crippen LogP contribution in [-0.2, 0) is 9.84 Å². The zero-order valence-electron chi connectivity index (χ0n) is 21.8. The van der Waals surface area contributed by atoms with E-state index in [0.717, 1.165) is 50.4 Å². The van der Waals surface area contributed by atoms with E-state index < -0.39 is 21.6 Å². The number of nitrogens with zero attached hydrogens (tertiary/aromatic N) is 4. The molecule has 0 saturated heterocycles. The van der Waals surface area contributed by atoms with Crippen LogP contribution < -0.4 is 16.0 Å². The number of carbonyl (C=O) groups is 1. The van der Waals surface area contributed by atoms with Crippen molar-refractivity contribution in [2.75, 3.05) is 21.7 Å². The van der Waals surface area contributed by atoms with E-state index in [2.05, 4.69) is 31.0 Å². The highest BCUT2D eigenvalue weighted by Crippen LogP contribution is 2.32. The fraction of sp³-hybridized carbons (Fsp3) is 0.357. The van der Waals surface area contributed by atoms with Crippen molar-refractivity contribution in [1.29, 1.82) is 0 Å². The molecule has 0 radical (unpaired) electrons. The Balaban J connectivity index is 1.17. The van der Waals surface area contributed by atoms with Crippen molar-refractivity contribution in [2.24, 2.45) is 5.92 Å². The summed E-state index contributed by atoms with van der Waals surface area (Å²) in [6.07, 6.45) is 9.16. The topological polar surface area (TPSA) is 130 Å². The van der Waals surface area contributed by atoms with E-state index in [1.54, 1.807) is 24.3 Å². The molecule has 0 aliphatic heterocycles. The number of nitrogens with one attached hydrogen (secondary N) is 3. The number of benzene rings is 1. The Kier molecular flexibility index (Phi) is 7.09. The van der Waals surface area contributed by atoms with E-state index in [1.807, 2.05) is 12.1 Å². The number of amides is 1. The lowest BCUT2D eigenvalue weighted by molar-refractivity contribution is 0.102. The fourth-order valence-electron chi connectivity index (χ4n) is 5.13. The van der Waals surface area contributed by atoms with Crippen molar-refractivity contribution < 1.29 is 17.6 Å². The predicted octanol–water partition coefficient (Wildman–Crippen LogP) is 4.53. The summed E-state index contributed by atoms with van der Waals surface area (Å²) >= 11 is 0. The van der Waals surface area contributed by atoms with E-state index in [4.69, 9.17) is 0 Å². The molecule has 10 nitrogen and oxygen atoms in total. The molecule has 3 aromatic heterocycles. The Morgan fingerprint density at radius 2 is 1.68 bits per heavy atom. The number of aromatic nitrogens is 4. The highest BCUT2D eigenvalue weighted by molar-refractivity contribution is 7.91. The van der Waals surface area contributed by atoms with Gasteiger partial charge < -0.3 is 16.0 Å². The number of imidazole rings is 1. The van der Waals surface area contributed by atoms with Crippen LogP contribution >= 0.6 is 0 Å². The first-order chi connectivity index (χ1) is 19.4. The van der Waals surface area contributed by atoms with Gasteiger partial charge in [0.05, 0.1) is 34.4 Å². The second kappa shape index (κ2) is 10.8. The van der Waals surface area contributed by atoms with Crippen LogP contribution in [-0.4, -0.2) is 51.7 Å². The third kappa shape index (κ3) is 5.76. The van der Waals surface area contributed by atoms with Gasteiger partial charge in [-0.2, -0.15) is 0 Å². The van der Waals surface area contributed by atoms with Gasteiger partial charge in [0.25, 0.3) is 5.91 Å². The van der Waals surface area contributed by atoms with Gasteiger partial charge in [0.15, 0.2) is 27.0 Å². The van der Waals surface area contributed by atoms with Gasteiger partial charge in [-0.1, -0.05) is 18.2 Å². The van der Waals surface area contributed by atoms with E-state index in [9.17, 15) is 17.6 Å². The van der Waals surface area contributed by atoms with E-state index in [-0.39, 0.29) is 29.1 Å². The first-order valence-corrected chi connectivity index (χ1v) is 15.1. The average molecular weight is 564 g/mol. The Morgan fingerprint density at radius 1 is 0.950 bits per heavy atom. The van der Waals surface area contributed by atoms with Crippen LogP contribution in [0.1, 0.15) is 49.0 Å². The van der Waals surface area contributed by atoms with Gasteiger partial charge in [-0.25, -0.2) is 22.3 Å². The third-order valence-electron chi connectivity index (χ3n) is 7.41. The summed E-state index contributed by atoms with van der Waals surface area (Å²) in [7, 11) is -3.32. The molecule has 4 aromatic rings. The van der Waals surface area contributed by atoms with Crippen molar-refractivity contribution >= 4 is 38.6 Å². The predicted molar refractivity (Wildman–Crippen MR) is 150 cm³/mol. The van der Waals surface area contributed by atoms with Gasteiger partial charge >= 0.3 is 0 Å². The molecule has 6 rings (SSSR count). The molecule has 40 heavy (non-hydrogen) atoms. The van der Waals surface area contributed by atoms with Crippen molar-refractivity contribution in [1.82, 2.24) is 19.6 Å². The van der Waals surface area contributed by atoms with E-state index >= 15 is 0 Å². The standard InChI is InChI=1S/C28H30FN7O3S/c29-22-15-30-13-12-23(22)34-28(37)25-16-31-27-24(32-19-10-11-19)14-26(35-36(25)27)33-20-8-6-18(7-9-20)17-40(38,39)21-4-2-1-3-5-21/h1-5,12-16,18-20,32H,6-11,17H2,(H,33,35)(H,30,34,37). The highest BCUT2D eigenvalue weighted by Gasteiger charge is 2.28. The normalized spacial score (nSPS) is 19.3. The summed E-state index contributed by atoms with van der Waals surface area (Å²) < 4.78 is 41.2. The minimum atomic E-state index is -3.32. The van der Waals surface area contributed by atoms with Crippen LogP contribution in [0.4, 0.5) is 21.6 Å². The Bertz CT molecular complexity index is 1630. The molecule has 0 bridgehead atoms. The molecule has 2 aliphatic rings. The quantitative estimate of drug-likeness (QED) is 0.271. The van der Waals surface area contributed by atoms with Gasteiger partial charge in [-0.3, -0.25) is 9.78 Å². The van der Waals surface area contributed by atoms with Gasteiger partial charge in [-0.05, 0) is 62.6 Å². The zero-order chi connectivity index (χ0) is 27.7. The van der Waals surface area contributed by atoms with Gasteiger partial charge in [0.1, 0.15) is 5.82 Å². The Hall–Kier alpha value is -4.06. The summed E-state index contributed by atoms with van der Waals surface area (Å²) in [5.74, 6) is -0.348. The van der Waals surface area contributed by atoms with Crippen LogP contribution in [0.5, 0.6) is 0 Å². The summed E-state index contributed by atoms with van der Waals surface area (Å²) in [6.45, 7) is 0. The zero-order valence-corrected chi connectivity index (χ0v) is 22.6. The minimum absolute atomic E-state index is 0.0200. The van der Waals surface area contributed by atoms with Crippen molar-refractivity contribution in [3.8, 4) is 0 Å². The SMILES string of the molecule is O=C(Nc1ccncc1F)c1cnc2c(NC3CC3)cc(NC3CCC(CS(=O)(=O)c4ccccc4)CC3)nn12. The van der Waals surface area contributed by atoms with Crippen molar-refractivity contribution in [3.05, 3.63) is 72.6 Å². The molecule has 2 aliphatic carbocycles. The van der Waals surface area contributed by atoms with Crippen LogP contribution in [0, 0.1) is 11.7 Å². The lowest BCUT2D eigenvalue weighted by atomic mass is 9.87. The molecule has 3 N–H and O–H groups in total. The lowest BCUT2D eigenvalue weighted by Gasteiger charge is -2.29. The first kappa shape index (κ1) is 26.2. The highest BCUT2D eigenvalue weighted by atomic mass is 32.2. The van der Waals surface area contributed by atoms with Crippen LogP contribution in [0.3, 0.4) is 0 Å². The molecule has 0 atom stereocenters. The van der Waals surface area contributed by atoms with Crippen LogP contribution in [0.2, 0.25) is 0 Å². The number of sulfone groups is 1. The number of halogens is 1. The molecule has 1 amide bonds. The molecule has 2 saturated carbocycles. The maximum Gasteiger partial charge on any atom is 0.276 e. The van der Waals surface area contributed by atoms with Crippen molar-refractivity contribution in [2.45, 2.75) is 55.5 Å². The summed E-state index contributed by atoms with van der Waals surface area (Å²) in [5, 5.41) is 14.2. The maximum atomic E-state index is 14.1. The molecule has 2 fully saturated rings. The molecule has 3 heterocycles. The molecule has 12 heteroatoms. The van der Waals surface area contributed by atoms with E-state index in [1.165, 1.54) is 23.0 Å². The number of hydrogen-bond donors (Lipinski definition) is 3. The molecular formula is C28H30FN7O3S. The fourth-order valence-corrected chi connectivity index (χ4v) is 6.85. The number of carbonyl (C=O) groups excluding carboxylic acids is 1.